The summed E-state index contributed by atoms with van der Waals surface area (Å²) in [4.78, 5) is 6.74. The van der Waals surface area contributed by atoms with Gasteiger partial charge in [-0.25, -0.2) is 4.98 Å². The van der Waals surface area contributed by atoms with Crippen LogP contribution in [0.5, 0.6) is 0 Å². The molecule has 1 aromatic heterocycles. The molecule has 1 aromatic rings. The average Bonchev–Trinajstić information content (AvgIpc) is 2.53. The minimum absolute atomic E-state index is 0.536. The molecule has 1 aliphatic rings. The summed E-state index contributed by atoms with van der Waals surface area (Å²) in [5.74, 6) is 0. The second kappa shape index (κ2) is 4.82. The van der Waals surface area contributed by atoms with Crippen molar-refractivity contribution in [2.75, 3.05) is 20.1 Å². The van der Waals surface area contributed by atoms with Crippen LogP contribution in [0.3, 0.4) is 0 Å². The minimum Gasteiger partial charge on any atom is -0.389 e. The Balaban J connectivity index is 2.01. The van der Waals surface area contributed by atoms with Crippen LogP contribution < -0.4 is 0 Å². The number of rotatable bonds is 2. The van der Waals surface area contributed by atoms with Crippen molar-refractivity contribution in [3.05, 3.63) is 16.1 Å². The predicted molar refractivity (Wildman–Crippen MR) is 66.9 cm³/mol. The Labute approximate surface area is 101 Å². The Morgan fingerprint density at radius 3 is 3.00 bits per heavy atom. The molecule has 0 amide bonds. The molecule has 4 heteroatoms. The summed E-state index contributed by atoms with van der Waals surface area (Å²) in [7, 11) is 2.12. The Bertz CT molecular complexity index is 353. The van der Waals surface area contributed by atoms with Crippen molar-refractivity contribution >= 4 is 11.3 Å². The highest BCUT2D eigenvalue weighted by atomic mass is 32.1. The molecule has 1 N–H and O–H groups in total. The second-order valence-corrected chi connectivity index (χ2v) is 5.98. The third-order valence-electron chi connectivity index (χ3n) is 3.32. The first-order valence-electron chi connectivity index (χ1n) is 5.89. The molecule has 0 spiro atoms. The van der Waals surface area contributed by atoms with Crippen molar-refractivity contribution < 1.29 is 5.11 Å². The number of hydrogen-bond donors (Lipinski definition) is 1. The van der Waals surface area contributed by atoms with Gasteiger partial charge in [0.15, 0.2) is 0 Å². The zero-order chi connectivity index (χ0) is 11.6. The second-order valence-electron chi connectivity index (χ2n) is 4.92. The first-order chi connectivity index (χ1) is 7.57. The van der Waals surface area contributed by atoms with Gasteiger partial charge in [-0.3, -0.25) is 0 Å². The van der Waals surface area contributed by atoms with Crippen LogP contribution in [0.1, 0.15) is 30.0 Å². The number of hydrogen-bond acceptors (Lipinski definition) is 4. The van der Waals surface area contributed by atoms with Crippen molar-refractivity contribution in [1.29, 1.82) is 0 Å². The lowest BCUT2D eigenvalue weighted by Crippen LogP contribution is -2.32. The molecule has 0 radical (unpaired) electrons. The molecule has 90 valence electrons. The smallest absolute Gasteiger partial charge is 0.0897 e. The maximum absolute atomic E-state index is 10.6. The van der Waals surface area contributed by atoms with E-state index in [2.05, 4.69) is 22.3 Å². The molecule has 0 saturated carbocycles. The molecule has 0 aromatic carbocycles. The van der Waals surface area contributed by atoms with E-state index < -0.39 is 5.60 Å². The van der Waals surface area contributed by atoms with Gasteiger partial charge in [-0.2, -0.15) is 0 Å². The number of thiazole rings is 1. The van der Waals surface area contributed by atoms with Gasteiger partial charge in [0.05, 0.1) is 16.3 Å². The normalized spacial score (nSPS) is 27.9. The third-order valence-corrected chi connectivity index (χ3v) is 4.14. The van der Waals surface area contributed by atoms with E-state index in [-0.39, 0.29) is 0 Å². The summed E-state index contributed by atoms with van der Waals surface area (Å²) in [6.07, 6.45) is 3.55. The van der Waals surface area contributed by atoms with Crippen LogP contribution in [0, 0.1) is 6.92 Å². The van der Waals surface area contributed by atoms with Gasteiger partial charge in [0.25, 0.3) is 0 Å². The van der Waals surface area contributed by atoms with Gasteiger partial charge >= 0.3 is 0 Å². The van der Waals surface area contributed by atoms with E-state index in [0.29, 0.717) is 6.42 Å². The lowest BCUT2D eigenvalue weighted by molar-refractivity contribution is 0.0255. The zero-order valence-corrected chi connectivity index (χ0v) is 10.9. The number of aromatic nitrogens is 1. The first-order valence-corrected chi connectivity index (χ1v) is 6.77. The van der Waals surface area contributed by atoms with Crippen LogP contribution in [0.25, 0.3) is 0 Å². The highest BCUT2D eigenvalue weighted by Gasteiger charge is 2.30. The first kappa shape index (κ1) is 12.0. The van der Waals surface area contributed by atoms with Gasteiger partial charge in [0, 0.05) is 18.3 Å². The maximum Gasteiger partial charge on any atom is 0.0897 e. The van der Waals surface area contributed by atoms with E-state index in [1.807, 2.05) is 6.92 Å². The van der Waals surface area contributed by atoms with E-state index in [1.54, 1.807) is 11.3 Å². The molecular formula is C12H20N2OS. The Morgan fingerprint density at radius 2 is 2.31 bits per heavy atom. The Morgan fingerprint density at radius 1 is 1.50 bits per heavy atom. The van der Waals surface area contributed by atoms with Crippen molar-refractivity contribution in [2.45, 2.75) is 38.2 Å². The standard InChI is InChI=1S/C12H20N2OS/c1-10-13-11(9-16-10)8-12(15)4-3-6-14(2)7-5-12/h9,15H,3-8H2,1-2H3. The summed E-state index contributed by atoms with van der Waals surface area (Å²) >= 11 is 1.66. The zero-order valence-electron chi connectivity index (χ0n) is 10.1. The van der Waals surface area contributed by atoms with Gasteiger partial charge in [0.1, 0.15) is 0 Å². The molecule has 1 atom stereocenters. The molecule has 16 heavy (non-hydrogen) atoms. The molecule has 2 rings (SSSR count). The van der Waals surface area contributed by atoms with Gasteiger partial charge in [-0.1, -0.05) is 0 Å². The molecular weight excluding hydrogens is 220 g/mol. The fourth-order valence-corrected chi connectivity index (χ4v) is 2.93. The van der Waals surface area contributed by atoms with Crippen molar-refractivity contribution in [1.82, 2.24) is 9.88 Å². The highest BCUT2D eigenvalue weighted by Crippen LogP contribution is 2.26. The van der Waals surface area contributed by atoms with Gasteiger partial charge in [-0.15, -0.1) is 11.3 Å². The molecule has 1 unspecified atom stereocenters. The summed E-state index contributed by atoms with van der Waals surface area (Å²) in [5, 5.41) is 13.7. The molecule has 1 saturated heterocycles. The monoisotopic (exact) mass is 240 g/mol. The third kappa shape index (κ3) is 3.03. The topological polar surface area (TPSA) is 36.4 Å². The highest BCUT2D eigenvalue weighted by molar-refractivity contribution is 7.09. The SMILES string of the molecule is Cc1nc(CC2(O)CCCN(C)CC2)cs1. The summed E-state index contributed by atoms with van der Waals surface area (Å²) < 4.78 is 0. The van der Waals surface area contributed by atoms with Crippen LogP contribution in [-0.2, 0) is 6.42 Å². The number of aliphatic hydroxyl groups is 1. The molecule has 3 nitrogen and oxygen atoms in total. The molecule has 1 fully saturated rings. The maximum atomic E-state index is 10.6. The number of aryl methyl sites for hydroxylation is 1. The van der Waals surface area contributed by atoms with Crippen LogP contribution in [0.4, 0.5) is 0 Å². The minimum atomic E-state index is -0.536. The van der Waals surface area contributed by atoms with Gasteiger partial charge in [0.2, 0.25) is 0 Å². The van der Waals surface area contributed by atoms with E-state index in [0.717, 1.165) is 43.1 Å². The number of likely N-dealkylation sites (tertiary alicyclic amines) is 1. The van der Waals surface area contributed by atoms with Crippen molar-refractivity contribution in [2.24, 2.45) is 0 Å². The number of nitrogens with zero attached hydrogens (tertiary/aromatic N) is 2. The summed E-state index contributed by atoms with van der Waals surface area (Å²) in [6, 6.07) is 0. The molecule has 2 heterocycles. The largest absolute Gasteiger partial charge is 0.389 e. The van der Waals surface area contributed by atoms with E-state index in [1.165, 1.54) is 0 Å². The molecule has 0 bridgehead atoms. The summed E-state index contributed by atoms with van der Waals surface area (Å²) in [5.41, 5.74) is 0.514. The van der Waals surface area contributed by atoms with Crippen LogP contribution in [0.15, 0.2) is 5.38 Å². The molecule has 0 aliphatic carbocycles. The predicted octanol–water partition coefficient (Wildman–Crippen LogP) is 1.84. The van der Waals surface area contributed by atoms with Gasteiger partial charge in [-0.05, 0) is 39.8 Å². The van der Waals surface area contributed by atoms with Crippen molar-refractivity contribution in [3.63, 3.8) is 0 Å². The Kier molecular flexibility index (Phi) is 3.62. The Hall–Kier alpha value is -0.450. The lowest BCUT2D eigenvalue weighted by Gasteiger charge is -2.25. The fraction of sp³-hybridized carbons (Fsp3) is 0.750. The van der Waals surface area contributed by atoms with Crippen LogP contribution >= 0.6 is 11.3 Å². The average molecular weight is 240 g/mol. The lowest BCUT2D eigenvalue weighted by atomic mass is 9.90. The summed E-state index contributed by atoms with van der Waals surface area (Å²) in [6.45, 7) is 4.09. The molecule has 1 aliphatic heterocycles. The van der Waals surface area contributed by atoms with E-state index >= 15 is 0 Å². The van der Waals surface area contributed by atoms with E-state index in [4.69, 9.17) is 0 Å². The van der Waals surface area contributed by atoms with Gasteiger partial charge < -0.3 is 10.0 Å². The quantitative estimate of drug-likeness (QED) is 0.857. The fourth-order valence-electron chi connectivity index (χ4n) is 2.32. The van der Waals surface area contributed by atoms with Crippen LogP contribution in [-0.4, -0.2) is 40.7 Å². The van der Waals surface area contributed by atoms with Crippen molar-refractivity contribution in [3.8, 4) is 0 Å². The van der Waals surface area contributed by atoms with E-state index in [9.17, 15) is 5.11 Å². The van der Waals surface area contributed by atoms with Crippen LogP contribution in [0.2, 0.25) is 0 Å².